The first kappa shape index (κ1) is 27.5. The van der Waals surface area contributed by atoms with Crippen molar-refractivity contribution in [2.24, 2.45) is 0 Å². The maximum absolute atomic E-state index is 13.0. The highest BCUT2D eigenvalue weighted by Crippen LogP contribution is 2.28. The molecule has 0 unspecified atom stereocenters. The minimum absolute atomic E-state index is 0.0205. The Kier molecular flexibility index (Phi) is 8.06. The fraction of sp³-hybridized carbons (Fsp3) is 0.300. The molecule has 37 heavy (non-hydrogen) atoms. The van der Waals surface area contributed by atoms with Crippen molar-refractivity contribution in [3.63, 3.8) is 0 Å². The Hall–Kier alpha value is -4.13. The van der Waals surface area contributed by atoms with Crippen LogP contribution >= 0.6 is 0 Å². The van der Waals surface area contributed by atoms with Gasteiger partial charge in [-0.1, -0.05) is 39.0 Å². The molecule has 0 fully saturated rings. The lowest BCUT2D eigenvalue weighted by atomic mass is 9.87. The molecule has 2 amide bonds. The number of ether oxygens (including phenoxy) is 1. The molecule has 3 aromatic rings. The summed E-state index contributed by atoms with van der Waals surface area (Å²) >= 11 is 0. The number of hydrogen-bond donors (Lipinski definition) is 3. The Labute approximate surface area is 217 Å². The Morgan fingerprint density at radius 2 is 1.35 bits per heavy atom. The Bertz CT molecular complexity index is 1280. The number of rotatable bonds is 7. The van der Waals surface area contributed by atoms with E-state index >= 15 is 0 Å². The van der Waals surface area contributed by atoms with E-state index < -0.39 is 17.4 Å². The molecule has 194 valence electrons. The molecular weight excluding hydrogens is 468 g/mol. The van der Waals surface area contributed by atoms with E-state index in [1.54, 1.807) is 30.3 Å². The van der Waals surface area contributed by atoms with Gasteiger partial charge in [-0.3, -0.25) is 9.59 Å². The van der Waals surface area contributed by atoms with Crippen LogP contribution in [0.1, 0.15) is 73.4 Å². The monoisotopic (exact) mass is 502 g/mol. The van der Waals surface area contributed by atoms with Crippen molar-refractivity contribution in [1.29, 1.82) is 0 Å². The number of anilines is 1. The van der Waals surface area contributed by atoms with Gasteiger partial charge in [0.1, 0.15) is 11.5 Å². The molecule has 3 N–H and O–H groups in total. The topological polar surface area (TPSA) is 105 Å². The molecule has 0 aliphatic heterocycles. The van der Waals surface area contributed by atoms with Crippen LogP contribution in [0.2, 0.25) is 0 Å². The summed E-state index contributed by atoms with van der Waals surface area (Å²) in [6.45, 7) is 12.1. The highest BCUT2D eigenvalue weighted by molar-refractivity contribution is 6.11. The highest BCUT2D eigenvalue weighted by Gasteiger charge is 2.20. The predicted octanol–water partition coefficient (Wildman–Crippen LogP) is 6.18. The number of carboxylic acids is 1. The van der Waals surface area contributed by atoms with Crippen molar-refractivity contribution in [2.75, 3.05) is 5.32 Å². The second-order valence-electron chi connectivity index (χ2n) is 11.0. The second kappa shape index (κ2) is 10.9. The molecule has 0 aliphatic carbocycles. The smallest absolute Gasteiger partial charge is 0.336 e. The standard InChI is InChI=1S/C30H34N2O5/c1-29(2,3)20-8-12-22(13-9-20)37-23-14-10-21(11-15-23)31-27(34)25-17-19(7-16-24(25)28(35)36)18-26(33)32-30(4,5)6/h7-17H,18H2,1-6H3,(H,31,34)(H,32,33)(H,35,36). The van der Waals surface area contributed by atoms with Crippen LogP contribution < -0.4 is 15.4 Å². The lowest BCUT2D eigenvalue weighted by Gasteiger charge is -2.20. The molecule has 0 atom stereocenters. The third kappa shape index (κ3) is 7.93. The summed E-state index contributed by atoms with van der Waals surface area (Å²) in [5.41, 5.74) is 1.72. The quantitative estimate of drug-likeness (QED) is 0.358. The van der Waals surface area contributed by atoms with Gasteiger partial charge in [0.2, 0.25) is 5.91 Å². The van der Waals surface area contributed by atoms with E-state index in [1.165, 1.54) is 17.7 Å². The van der Waals surface area contributed by atoms with Crippen LogP contribution in [0.5, 0.6) is 11.5 Å². The van der Waals surface area contributed by atoms with Gasteiger partial charge in [-0.15, -0.1) is 0 Å². The van der Waals surface area contributed by atoms with Crippen molar-refractivity contribution >= 4 is 23.5 Å². The Morgan fingerprint density at radius 1 is 0.784 bits per heavy atom. The van der Waals surface area contributed by atoms with E-state index in [2.05, 4.69) is 31.4 Å². The van der Waals surface area contributed by atoms with Gasteiger partial charge >= 0.3 is 5.97 Å². The van der Waals surface area contributed by atoms with Gasteiger partial charge in [-0.25, -0.2) is 4.79 Å². The summed E-state index contributed by atoms with van der Waals surface area (Å²) in [6, 6.07) is 19.0. The summed E-state index contributed by atoms with van der Waals surface area (Å²) in [4.78, 5) is 37.0. The third-order valence-electron chi connectivity index (χ3n) is 5.51. The molecule has 0 radical (unpaired) electrons. The summed E-state index contributed by atoms with van der Waals surface area (Å²) in [5.74, 6) is -0.729. The Morgan fingerprint density at radius 3 is 1.86 bits per heavy atom. The number of benzene rings is 3. The van der Waals surface area contributed by atoms with Gasteiger partial charge in [0, 0.05) is 11.2 Å². The number of amides is 2. The SMILES string of the molecule is CC(C)(C)NC(=O)Cc1ccc(C(=O)O)c(C(=O)Nc2ccc(Oc3ccc(C(C)(C)C)cc3)cc2)c1. The summed E-state index contributed by atoms with van der Waals surface area (Å²) in [6.07, 6.45) is 0.0280. The molecule has 0 spiro atoms. The maximum Gasteiger partial charge on any atom is 0.336 e. The number of carboxylic acid groups (broad SMARTS) is 1. The molecule has 0 saturated heterocycles. The van der Waals surface area contributed by atoms with Gasteiger partial charge in [-0.2, -0.15) is 0 Å². The first-order valence-electron chi connectivity index (χ1n) is 12.1. The van der Waals surface area contributed by atoms with E-state index in [9.17, 15) is 19.5 Å². The zero-order valence-electron chi connectivity index (χ0n) is 22.1. The molecule has 0 bridgehead atoms. The number of carbonyl (C=O) groups is 3. The van der Waals surface area contributed by atoms with Crippen LogP contribution in [0, 0.1) is 0 Å². The molecule has 3 aromatic carbocycles. The van der Waals surface area contributed by atoms with Gasteiger partial charge in [0.25, 0.3) is 5.91 Å². The van der Waals surface area contributed by atoms with E-state index in [0.717, 1.165) is 0 Å². The van der Waals surface area contributed by atoms with Crippen LogP contribution in [0.4, 0.5) is 5.69 Å². The zero-order chi connectivity index (χ0) is 27.4. The minimum atomic E-state index is -1.22. The normalized spacial score (nSPS) is 11.5. The summed E-state index contributed by atoms with van der Waals surface area (Å²) < 4.78 is 5.90. The van der Waals surface area contributed by atoms with Crippen LogP contribution in [0.3, 0.4) is 0 Å². The van der Waals surface area contributed by atoms with Crippen molar-refractivity contribution < 1.29 is 24.2 Å². The van der Waals surface area contributed by atoms with Crippen LogP contribution in [0.25, 0.3) is 0 Å². The lowest BCUT2D eigenvalue weighted by molar-refractivity contribution is -0.121. The van der Waals surface area contributed by atoms with E-state index in [4.69, 9.17) is 4.74 Å². The van der Waals surface area contributed by atoms with Crippen LogP contribution in [-0.4, -0.2) is 28.4 Å². The molecule has 0 heterocycles. The fourth-order valence-electron chi connectivity index (χ4n) is 3.69. The molecule has 7 heteroatoms. The van der Waals surface area contributed by atoms with Crippen molar-refractivity contribution in [2.45, 2.75) is 58.9 Å². The van der Waals surface area contributed by atoms with Gasteiger partial charge in [-0.05, 0) is 85.8 Å². The average molecular weight is 503 g/mol. The van der Waals surface area contributed by atoms with Gasteiger partial charge in [0.05, 0.1) is 17.5 Å². The predicted molar refractivity (Wildman–Crippen MR) is 145 cm³/mol. The van der Waals surface area contributed by atoms with Crippen molar-refractivity contribution in [3.05, 3.63) is 89.0 Å². The lowest BCUT2D eigenvalue weighted by Crippen LogP contribution is -2.41. The number of hydrogen-bond acceptors (Lipinski definition) is 4. The number of carbonyl (C=O) groups excluding carboxylic acids is 2. The molecule has 0 aliphatic rings. The fourth-order valence-corrected chi connectivity index (χ4v) is 3.69. The van der Waals surface area contributed by atoms with Crippen LogP contribution in [-0.2, 0) is 16.6 Å². The average Bonchev–Trinajstić information content (AvgIpc) is 2.78. The number of aromatic carboxylic acids is 1. The van der Waals surface area contributed by atoms with Gasteiger partial charge < -0.3 is 20.5 Å². The molecule has 7 nitrogen and oxygen atoms in total. The first-order valence-corrected chi connectivity index (χ1v) is 12.1. The Balaban J connectivity index is 1.72. The largest absolute Gasteiger partial charge is 0.478 e. The summed E-state index contributed by atoms with van der Waals surface area (Å²) in [7, 11) is 0. The van der Waals surface area contributed by atoms with E-state index in [-0.39, 0.29) is 28.9 Å². The highest BCUT2D eigenvalue weighted by atomic mass is 16.5. The summed E-state index contributed by atoms with van der Waals surface area (Å²) in [5, 5.41) is 15.2. The number of nitrogens with one attached hydrogen (secondary N) is 2. The molecule has 0 aromatic heterocycles. The first-order chi connectivity index (χ1) is 17.2. The van der Waals surface area contributed by atoms with E-state index in [1.807, 2.05) is 45.0 Å². The molecule has 3 rings (SSSR count). The van der Waals surface area contributed by atoms with Gasteiger partial charge in [0.15, 0.2) is 0 Å². The van der Waals surface area contributed by atoms with Crippen molar-refractivity contribution in [1.82, 2.24) is 5.32 Å². The van der Waals surface area contributed by atoms with Crippen molar-refractivity contribution in [3.8, 4) is 11.5 Å². The second-order valence-corrected chi connectivity index (χ2v) is 11.0. The molecular formula is C30H34N2O5. The van der Waals surface area contributed by atoms with E-state index in [0.29, 0.717) is 22.7 Å². The zero-order valence-corrected chi connectivity index (χ0v) is 22.1. The minimum Gasteiger partial charge on any atom is -0.478 e. The van der Waals surface area contributed by atoms with Crippen LogP contribution in [0.15, 0.2) is 66.7 Å². The molecule has 0 saturated carbocycles. The maximum atomic E-state index is 13.0. The third-order valence-corrected chi connectivity index (χ3v) is 5.51.